The number of sulfonamides is 1. The Bertz CT molecular complexity index is 692. The maximum absolute atomic E-state index is 12.1. The monoisotopic (exact) mass is 363 g/mol. The largest absolute Gasteiger partial charge is 0.450 e. The molecule has 0 aliphatic rings. The first-order chi connectivity index (χ1) is 9.42. The Labute approximate surface area is 124 Å². The quantitative estimate of drug-likeness (QED) is 0.798. The van der Waals surface area contributed by atoms with Crippen molar-refractivity contribution in [1.82, 2.24) is 14.5 Å². The number of nitrogens with zero attached hydrogens (tertiary/aromatic N) is 2. The van der Waals surface area contributed by atoms with Crippen molar-refractivity contribution in [3.63, 3.8) is 0 Å². The highest BCUT2D eigenvalue weighted by molar-refractivity contribution is 9.10. The van der Waals surface area contributed by atoms with E-state index in [1.807, 2.05) is 13.1 Å². The molecule has 2 aromatic heterocycles. The number of aliphatic hydroxyl groups is 1. The second-order valence-electron chi connectivity index (χ2n) is 4.19. The molecule has 9 heteroatoms. The number of nitrogens with one attached hydrogen (secondary N) is 1. The number of hydrogen-bond acceptors (Lipinski definition) is 5. The predicted octanol–water partition coefficient (Wildman–Crippen LogP) is 1.02. The van der Waals surface area contributed by atoms with Crippen LogP contribution in [0, 0.1) is 6.92 Å². The third kappa shape index (κ3) is 3.48. The number of rotatable bonds is 6. The van der Waals surface area contributed by atoms with E-state index in [0.717, 1.165) is 5.56 Å². The molecule has 0 aliphatic carbocycles. The Balaban J connectivity index is 2.01. The van der Waals surface area contributed by atoms with Crippen molar-refractivity contribution in [3.8, 4) is 0 Å². The Morgan fingerprint density at radius 1 is 1.55 bits per heavy atom. The van der Waals surface area contributed by atoms with Gasteiger partial charge in [0, 0.05) is 18.8 Å². The number of aryl methyl sites for hydroxylation is 1. The minimum atomic E-state index is -3.69. The normalized spacial score (nSPS) is 11.9. The first kappa shape index (κ1) is 15.2. The van der Waals surface area contributed by atoms with Crippen molar-refractivity contribution in [2.75, 3.05) is 6.54 Å². The van der Waals surface area contributed by atoms with Gasteiger partial charge < -0.3 is 9.52 Å². The first-order valence-corrected chi connectivity index (χ1v) is 8.08. The molecule has 2 N–H and O–H groups in total. The van der Waals surface area contributed by atoms with Crippen LogP contribution in [0.25, 0.3) is 0 Å². The second-order valence-corrected chi connectivity index (χ2v) is 6.64. The van der Waals surface area contributed by atoms with Crippen molar-refractivity contribution in [2.45, 2.75) is 25.0 Å². The summed E-state index contributed by atoms with van der Waals surface area (Å²) in [6, 6.07) is 1.28. The van der Waals surface area contributed by atoms with Gasteiger partial charge in [0.2, 0.25) is 10.0 Å². The molecular weight excluding hydrogens is 350 g/mol. The average molecular weight is 364 g/mol. The lowest BCUT2D eigenvalue weighted by molar-refractivity contribution is 0.245. The average Bonchev–Trinajstić information content (AvgIpc) is 2.95. The van der Waals surface area contributed by atoms with Crippen LogP contribution in [0.4, 0.5) is 0 Å². The molecule has 0 unspecified atom stereocenters. The van der Waals surface area contributed by atoms with Crippen LogP contribution in [0.5, 0.6) is 0 Å². The molecule has 0 aromatic carbocycles. The zero-order valence-corrected chi connectivity index (χ0v) is 13.1. The minimum Gasteiger partial charge on any atom is -0.450 e. The van der Waals surface area contributed by atoms with Gasteiger partial charge in [-0.1, -0.05) is 0 Å². The van der Waals surface area contributed by atoms with Crippen molar-refractivity contribution in [3.05, 3.63) is 34.5 Å². The third-order valence-electron chi connectivity index (χ3n) is 2.55. The van der Waals surface area contributed by atoms with Crippen LogP contribution in [0.3, 0.4) is 0 Å². The number of aromatic nitrogens is 2. The number of halogens is 1. The van der Waals surface area contributed by atoms with Gasteiger partial charge in [0.05, 0.1) is 12.7 Å². The number of hydrogen-bond donors (Lipinski definition) is 2. The lowest BCUT2D eigenvalue weighted by atomic mass is 10.4. The van der Waals surface area contributed by atoms with Gasteiger partial charge in [-0.25, -0.2) is 13.1 Å². The van der Waals surface area contributed by atoms with E-state index in [2.05, 4.69) is 25.8 Å². The lowest BCUT2D eigenvalue weighted by Crippen LogP contribution is -2.27. The third-order valence-corrected chi connectivity index (χ3v) is 4.87. The number of aliphatic hydroxyl groups excluding tert-OH is 1. The van der Waals surface area contributed by atoms with Crippen LogP contribution in [-0.2, 0) is 23.2 Å². The van der Waals surface area contributed by atoms with Crippen LogP contribution < -0.4 is 4.72 Å². The molecule has 2 rings (SSSR count). The topological polar surface area (TPSA) is 97.4 Å². The number of furan rings is 1. The summed E-state index contributed by atoms with van der Waals surface area (Å²) in [4.78, 5) is -0.0294. The van der Waals surface area contributed by atoms with Crippen LogP contribution in [0.2, 0.25) is 0 Å². The van der Waals surface area contributed by atoms with Gasteiger partial charge in [-0.2, -0.15) is 5.10 Å². The summed E-state index contributed by atoms with van der Waals surface area (Å²) < 4.78 is 33.4. The SMILES string of the molecule is Cc1cnn(CCNS(=O)(=O)c2cc(CO)oc2Br)c1. The summed E-state index contributed by atoms with van der Waals surface area (Å²) >= 11 is 3.02. The van der Waals surface area contributed by atoms with Crippen LogP contribution in [0.15, 0.2) is 32.4 Å². The van der Waals surface area contributed by atoms with E-state index in [1.54, 1.807) is 10.9 Å². The predicted molar refractivity (Wildman–Crippen MR) is 74.5 cm³/mol. The standard InChI is InChI=1S/C11H14BrN3O4S/c1-8-5-13-15(6-8)3-2-14-20(17,18)10-4-9(7-16)19-11(10)12/h4-6,14,16H,2-3,7H2,1H3. The molecular formula is C11H14BrN3O4S. The Morgan fingerprint density at radius 2 is 2.30 bits per heavy atom. The molecule has 0 amide bonds. The first-order valence-electron chi connectivity index (χ1n) is 5.80. The summed E-state index contributed by atoms with van der Waals surface area (Å²) in [6.07, 6.45) is 3.53. The maximum Gasteiger partial charge on any atom is 0.245 e. The van der Waals surface area contributed by atoms with Gasteiger partial charge in [-0.05, 0) is 28.4 Å². The zero-order chi connectivity index (χ0) is 14.8. The van der Waals surface area contributed by atoms with Gasteiger partial charge in [0.25, 0.3) is 0 Å². The molecule has 0 saturated heterocycles. The molecule has 0 spiro atoms. The fourth-order valence-electron chi connectivity index (χ4n) is 1.62. The Morgan fingerprint density at radius 3 is 2.85 bits per heavy atom. The summed E-state index contributed by atoms with van der Waals surface area (Å²) in [7, 11) is -3.69. The molecule has 0 aliphatic heterocycles. The molecule has 110 valence electrons. The van der Waals surface area contributed by atoms with Gasteiger partial charge >= 0.3 is 0 Å². The van der Waals surface area contributed by atoms with E-state index in [1.165, 1.54) is 6.07 Å². The van der Waals surface area contributed by atoms with E-state index in [-0.39, 0.29) is 28.5 Å². The van der Waals surface area contributed by atoms with Crippen LogP contribution in [-0.4, -0.2) is 29.8 Å². The second kappa shape index (κ2) is 6.08. The summed E-state index contributed by atoms with van der Waals surface area (Å²) in [6.45, 7) is 2.18. The molecule has 0 bridgehead atoms. The molecule has 2 aromatic rings. The van der Waals surface area contributed by atoms with E-state index in [9.17, 15) is 8.42 Å². The fourth-order valence-corrected chi connectivity index (χ4v) is 3.64. The molecule has 20 heavy (non-hydrogen) atoms. The summed E-state index contributed by atoms with van der Waals surface area (Å²) in [5, 5.41) is 13.0. The van der Waals surface area contributed by atoms with Gasteiger partial charge in [-0.15, -0.1) is 0 Å². The Kier molecular flexibility index (Phi) is 4.63. The summed E-state index contributed by atoms with van der Waals surface area (Å²) in [5.41, 5.74) is 1.01. The van der Waals surface area contributed by atoms with Gasteiger partial charge in [0.1, 0.15) is 17.3 Å². The molecule has 2 heterocycles. The zero-order valence-electron chi connectivity index (χ0n) is 10.7. The highest BCUT2D eigenvalue weighted by Gasteiger charge is 2.21. The highest BCUT2D eigenvalue weighted by Crippen LogP contribution is 2.25. The smallest absolute Gasteiger partial charge is 0.245 e. The molecule has 0 atom stereocenters. The molecule has 7 nitrogen and oxygen atoms in total. The van der Waals surface area contributed by atoms with E-state index < -0.39 is 10.0 Å². The maximum atomic E-state index is 12.1. The van der Waals surface area contributed by atoms with Gasteiger partial charge in [0.15, 0.2) is 4.67 Å². The van der Waals surface area contributed by atoms with E-state index in [4.69, 9.17) is 9.52 Å². The lowest BCUT2D eigenvalue weighted by Gasteiger charge is -2.05. The van der Waals surface area contributed by atoms with Crippen LogP contribution >= 0.6 is 15.9 Å². The van der Waals surface area contributed by atoms with Gasteiger partial charge in [-0.3, -0.25) is 4.68 Å². The van der Waals surface area contributed by atoms with Crippen molar-refractivity contribution in [2.24, 2.45) is 0 Å². The Hall–Kier alpha value is -1.16. The fraction of sp³-hybridized carbons (Fsp3) is 0.364. The van der Waals surface area contributed by atoms with Crippen molar-refractivity contribution >= 4 is 26.0 Å². The minimum absolute atomic E-state index is 0.0294. The van der Waals surface area contributed by atoms with Crippen LogP contribution in [0.1, 0.15) is 11.3 Å². The molecule has 0 radical (unpaired) electrons. The van der Waals surface area contributed by atoms with Crippen molar-refractivity contribution < 1.29 is 17.9 Å². The highest BCUT2D eigenvalue weighted by atomic mass is 79.9. The molecule has 0 fully saturated rings. The molecule has 0 saturated carbocycles. The van der Waals surface area contributed by atoms with E-state index >= 15 is 0 Å². The van der Waals surface area contributed by atoms with E-state index in [0.29, 0.717) is 6.54 Å². The summed E-state index contributed by atoms with van der Waals surface area (Å²) in [5.74, 6) is 0.181. The van der Waals surface area contributed by atoms with Crippen molar-refractivity contribution in [1.29, 1.82) is 0 Å².